The molecule has 0 bridgehead atoms. The van der Waals surface area contributed by atoms with Gasteiger partial charge in [0.1, 0.15) is 5.82 Å². The highest BCUT2D eigenvalue weighted by atomic mass is 16.1. The van der Waals surface area contributed by atoms with E-state index >= 15 is 0 Å². The Morgan fingerprint density at radius 3 is 2.63 bits per heavy atom. The lowest BCUT2D eigenvalue weighted by Crippen LogP contribution is -2.26. The minimum absolute atomic E-state index is 0.0803. The second-order valence-electron chi connectivity index (χ2n) is 7.55. The van der Waals surface area contributed by atoms with E-state index < -0.39 is 0 Å². The quantitative estimate of drug-likeness (QED) is 0.554. The normalized spacial score (nSPS) is 13.3. The first-order valence-corrected chi connectivity index (χ1v) is 9.99. The zero-order chi connectivity index (χ0) is 20.5. The predicted octanol–water partition coefficient (Wildman–Crippen LogP) is 3.97. The van der Waals surface area contributed by atoms with E-state index in [4.69, 9.17) is 4.98 Å². The number of benzene rings is 2. The fourth-order valence-electron chi connectivity index (χ4n) is 3.59. The molecule has 0 atom stereocenters. The van der Waals surface area contributed by atoms with Crippen LogP contribution in [0.15, 0.2) is 77.9 Å². The summed E-state index contributed by atoms with van der Waals surface area (Å²) >= 11 is 0. The molecule has 1 N–H and O–H groups in total. The molecular formula is C24H20N4O2. The molecule has 0 saturated heterocycles. The zero-order valence-electron chi connectivity index (χ0n) is 16.3. The van der Waals surface area contributed by atoms with Crippen LogP contribution in [0.5, 0.6) is 0 Å². The van der Waals surface area contributed by atoms with Gasteiger partial charge in [-0.1, -0.05) is 30.3 Å². The van der Waals surface area contributed by atoms with Crippen molar-refractivity contribution in [3.05, 3.63) is 100 Å². The molecule has 0 radical (unpaired) electrons. The molecule has 2 aromatic heterocycles. The van der Waals surface area contributed by atoms with Crippen molar-refractivity contribution in [2.45, 2.75) is 25.3 Å². The Morgan fingerprint density at radius 1 is 1.07 bits per heavy atom. The van der Waals surface area contributed by atoms with Crippen LogP contribution in [0, 0.1) is 0 Å². The lowest BCUT2D eigenvalue weighted by atomic mass is 10.1. The largest absolute Gasteiger partial charge is 0.322 e. The molecule has 1 fully saturated rings. The van der Waals surface area contributed by atoms with E-state index in [2.05, 4.69) is 10.3 Å². The SMILES string of the molecule is O=C(Nc1ccc2nc(C3CC3)n(Cc3ccccc3)c(=O)c2c1)c1cccnc1. The minimum Gasteiger partial charge on any atom is -0.322 e. The van der Waals surface area contributed by atoms with Crippen LogP contribution in [0.2, 0.25) is 0 Å². The molecule has 1 amide bonds. The monoisotopic (exact) mass is 396 g/mol. The van der Waals surface area contributed by atoms with E-state index in [0.717, 1.165) is 24.2 Å². The van der Waals surface area contributed by atoms with E-state index in [1.54, 1.807) is 41.1 Å². The molecule has 4 aromatic rings. The molecule has 0 spiro atoms. The number of anilines is 1. The van der Waals surface area contributed by atoms with Crippen LogP contribution in [0.3, 0.4) is 0 Å². The van der Waals surface area contributed by atoms with Crippen molar-refractivity contribution < 1.29 is 4.79 Å². The molecule has 0 unspecified atom stereocenters. The number of hydrogen-bond donors (Lipinski definition) is 1. The van der Waals surface area contributed by atoms with E-state index in [-0.39, 0.29) is 11.5 Å². The van der Waals surface area contributed by atoms with Crippen LogP contribution in [-0.2, 0) is 6.54 Å². The van der Waals surface area contributed by atoms with Gasteiger partial charge in [-0.2, -0.15) is 0 Å². The molecule has 5 rings (SSSR count). The Labute approximate surface area is 173 Å². The lowest BCUT2D eigenvalue weighted by molar-refractivity contribution is 0.102. The first-order valence-electron chi connectivity index (χ1n) is 9.99. The van der Waals surface area contributed by atoms with Crippen molar-refractivity contribution in [3.63, 3.8) is 0 Å². The molecule has 6 heteroatoms. The zero-order valence-corrected chi connectivity index (χ0v) is 16.3. The number of aromatic nitrogens is 3. The third kappa shape index (κ3) is 3.59. The molecule has 2 heterocycles. The number of rotatable bonds is 5. The van der Waals surface area contributed by atoms with E-state index in [0.29, 0.717) is 34.6 Å². The van der Waals surface area contributed by atoms with Gasteiger partial charge in [0.05, 0.1) is 23.0 Å². The maximum atomic E-state index is 13.4. The summed E-state index contributed by atoms with van der Waals surface area (Å²) in [5, 5.41) is 3.34. The van der Waals surface area contributed by atoms with E-state index in [1.165, 1.54) is 6.20 Å². The molecule has 30 heavy (non-hydrogen) atoms. The van der Waals surface area contributed by atoms with Crippen molar-refractivity contribution in [1.29, 1.82) is 0 Å². The first kappa shape index (κ1) is 18.2. The van der Waals surface area contributed by atoms with Crippen LogP contribution in [0.4, 0.5) is 5.69 Å². The molecule has 0 aliphatic heterocycles. The van der Waals surface area contributed by atoms with Crippen LogP contribution in [0.25, 0.3) is 10.9 Å². The number of nitrogens with one attached hydrogen (secondary N) is 1. The van der Waals surface area contributed by atoms with Crippen molar-refractivity contribution >= 4 is 22.5 Å². The van der Waals surface area contributed by atoms with Crippen LogP contribution in [-0.4, -0.2) is 20.4 Å². The summed E-state index contributed by atoms with van der Waals surface area (Å²) in [5.41, 5.74) is 2.65. The average Bonchev–Trinajstić information content (AvgIpc) is 3.62. The Hall–Kier alpha value is -3.80. The van der Waals surface area contributed by atoms with Crippen molar-refractivity contribution in [2.24, 2.45) is 0 Å². The Kier molecular flexibility index (Phi) is 4.59. The van der Waals surface area contributed by atoms with Crippen LogP contribution < -0.4 is 10.9 Å². The third-order valence-electron chi connectivity index (χ3n) is 5.29. The molecule has 1 saturated carbocycles. The van der Waals surface area contributed by atoms with Gasteiger partial charge in [0.25, 0.3) is 11.5 Å². The van der Waals surface area contributed by atoms with Gasteiger partial charge in [-0.3, -0.25) is 19.1 Å². The molecule has 2 aromatic carbocycles. The first-order chi connectivity index (χ1) is 14.7. The van der Waals surface area contributed by atoms with Crippen molar-refractivity contribution in [2.75, 3.05) is 5.32 Å². The highest BCUT2D eigenvalue weighted by molar-refractivity contribution is 6.04. The molecule has 1 aliphatic carbocycles. The smallest absolute Gasteiger partial charge is 0.261 e. The molecule has 148 valence electrons. The number of hydrogen-bond acceptors (Lipinski definition) is 4. The maximum Gasteiger partial charge on any atom is 0.261 e. The van der Waals surface area contributed by atoms with Gasteiger partial charge in [0, 0.05) is 24.0 Å². The summed E-state index contributed by atoms with van der Waals surface area (Å²) in [5.74, 6) is 0.925. The second kappa shape index (κ2) is 7.55. The number of carbonyl (C=O) groups excluding carboxylic acids is 1. The molecular weight excluding hydrogens is 376 g/mol. The van der Waals surface area contributed by atoms with E-state index in [9.17, 15) is 9.59 Å². The molecule has 1 aliphatic rings. The number of nitrogens with zero attached hydrogens (tertiary/aromatic N) is 3. The van der Waals surface area contributed by atoms with Crippen molar-refractivity contribution in [3.8, 4) is 0 Å². The summed E-state index contributed by atoms with van der Waals surface area (Å²) in [6.45, 7) is 0.487. The predicted molar refractivity (Wildman–Crippen MR) is 116 cm³/mol. The highest BCUT2D eigenvalue weighted by Gasteiger charge is 2.29. The van der Waals surface area contributed by atoms with Gasteiger partial charge < -0.3 is 5.32 Å². The standard InChI is InChI=1S/C24H20N4O2/c29-23(18-7-4-12-25-14-18)26-19-10-11-21-20(13-19)24(30)28(22(27-21)17-8-9-17)15-16-5-2-1-3-6-16/h1-7,10-14,17H,8-9,15H2,(H,26,29). The van der Waals surface area contributed by atoms with Gasteiger partial charge in [-0.05, 0) is 48.7 Å². The van der Waals surface area contributed by atoms with Gasteiger partial charge >= 0.3 is 0 Å². The summed E-state index contributed by atoms with van der Waals surface area (Å²) in [6.07, 6.45) is 5.25. The number of pyridine rings is 1. The van der Waals surface area contributed by atoms with Gasteiger partial charge in [-0.25, -0.2) is 4.98 Å². The number of carbonyl (C=O) groups is 1. The van der Waals surface area contributed by atoms with Crippen LogP contribution >= 0.6 is 0 Å². The maximum absolute atomic E-state index is 13.4. The number of amides is 1. The fourth-order valence-corrected chi connectivity index (χ4v) is 3.59. The highest BCUT2D eigenvalue weighted by Crippen LogP contribution is 2.39. The number of fused-ring (bicyclic) bond motifs is 1. The fraction of sp³-hybridized carbons (Fsp3) is 0.167. The van der Waals surface area contributed by atoms with Gasteiger partial charge in [-0.15, -0.1) is 0 Å². The lowest BCUT2D eigenvalue weighted by Gasteiger charge is -2.14. The Balaban J connectivity index is 1.54. The molecule has 6 nitrogen and oxygen atoms in total. The minimum atomic E-state index is -0.269. The summed E-state index contributed by atoms with van der Waals surface area (Å²) < 4.78 is 1.78. The van der Waals surface area contributed by atoms with Gasteiger partial charge in [0.15, 0.2) is 0 Å². The van der Waals surface area contributed by atoms with Crippen molar-refractivity contribution in [1.82, 2.24) is 14.5 Å². The third-order valence-corrected chi connectivity index (χ3v) is 5.29. The van der Waals surface area contributed by atoms with Crippen LogP contribution in [0.1, 0.15) is 40.5 Å². The topological polar surface area (TPSA) is 76.9 Å². The Bertz CT molecular complexity index is 1280. The Morgan fingerprint density at radius 2 is 1.90 bits per heavy atom. The average molecular weight is 396 g/mol. The summed E-state index contributed by atoms with van der Waals surface area (Å²) in [6, 6.07) is 18.6. The van der Waals surface area contributed by atoms with E-state index in [1.807, 2.05) is 30.3 Å². The summed E-state index contributed by atoms with van der Waals surface area (Å²) in [7, 11) is 0. The summed E-state index contributed by atoms with van der Waals surface area (Å²) in [4.78, 5) is 34.6. The second-order valence-corrected chi connectivity index (χ2v) is 7.55. The van der Waals surface area contributed by atoms with Gasteiger partial charge in [0.2, 0.25) is 0 Å².